The Hall–Kier alpha value is -0.500. The van der Waals surface area contributed by atoms with E-state index < -0.39 is 0 Å². The molecule has 0 aliphatic rings. The molecular formula is C13H12Cl2S. The average molecular weight is 271 g/mol. The summed E-state index contributed by atoms with van der Waals surface area (Å²) in [6.07, 6.45) is 0.875. The molecule has 0 saturated carbocycles. The van der Waals surface area contributed by atoms with Crippen LogP contribution in [0.2, 0.25) is 5.02 Å². The second-order valence-electron chi connectivity index (χ2n) is 3.76. The van der Waals surface area contributed by atoms with Crippen LogP contribution in [-0.2, 0) is 6.42 Å². The lowest BCUT2D eigenvalue weighted by molar-refractivity contribution is 0.936. The number of aryl methyl sites for hydroxylation is 1. The predicted octanol–water partition coefficient (Wildman–Crippen LogP) is 5.23. The van der Waals surface area contributed by atoms with Crippen LogP contribution in [0.3, 0.4) is 0 Å². The van der Waals surface area contributed by atoms with Gasteiger partial charge in [0, 0.05) is 16.3 Å². The lowest BCUT2D eigenvalue weighted by Gasteiger charge is -2.10. The molecule has 1 heterocycles. The second-order valence-corrected chi connectivity index (χ2v) is 5.73. The van der Waals surface area contributed by atoms with Gasteiger partial charge in [-0.1, -0.05) is 29.8 Å². The van der Waals surface area contributed by atoms with Crippen molar-refractivity contribution in [1.29, 1.82) is 0 Å². The van der Waals surface area contributed by atoms with Gasteiger partial charge in [0.1, 0.15) is 0 Å². The van der Waals surface area contributed by atoms with Gasteiger partial charge in [-0.05, 0) is 35.6 Å². The third kappa shape index (κ3) is 2.79. The summed E-state index contributed by atoms with van der Waals surface area (Å²) in [5.74, 6) is 0. The molecular weight excluding hydrogens is 259 g/mol. The molecule has 84 valence electrons. The summed E-state index contributed by atoms with van der Waals surface area (Å²) >= 11 is 14.1. The molecule has 2 aromatic rings. The highest BCUT2D eigenvalue weighted by atomic mass is 35.5. The van der Waals surface area contributed by atoms with Crippen molar-refractivity contribution in [3.63, 3.8) is 0 Å². The van der Waals surface area contributed by atoms with E-state index in [1.165, 1.54) is 4.88 Å². The van der Waals surface area contributed by atoms with Crippen molar-refractivity contribution in [2.24, 2.45) is 0 Å². The lowest BCUT2D eigenvalue weighted by atomic mass is 10.1. The fraction of sp³-hybridized carbons (Fsp3) is 0.231. The van der Waals surface area contributed by atoms with Gasteiger partial charge in [0.2, 0.25) is 0 Å². The van der Waals surface area contributed by atoms with Crippen LogP contribution in [0, 0.1) is 6.92 Å². The molecule has 2 rings (SSSR count). The highest BCUT2D eigenvalue weighted by molar-refractivity contribution is 7.09. The maximum absolute atomic E-state index is 6.39. The molecule has 0 fully saturated rings. The van der Waals surface area contributed by atoms with Gasteiger partial charge >= 0.3 is 0 Å². The Morgan fingerprint density at radius 3 is 2.75 bits per heavy atom. The molecule has 0 saturated heterocycles. The van der Waals surface area contributed by atoms with Crippen molar-refractivity contribution in [1.82, 2.24) is 0 Å². The van der Waals surface area contributed by atoms with Crippen LogP contribution in [0.1, 0.15) is 21.4 Å². The van der Waals surface area contributed by atoms with Gasteiger partial charge < -0.3 is 0 Å². The van der Waals surface area contributed by atoms with Gasteiger partial charge in [-0.15, -0.1) is 22.9 Å². The van der Waals surface area contributed by atoms with E-state index in [1.54, 1.807) is 11.3 Å². The Kier molecular flexibility index (Phi) is 3.91. The minimum Gasteiger partial charge on any atom is -0.149 e. The summed E-state index contributed by atoms with van der Waals surface area (Å²) in [7, 11) is 0. The van der Waals surface area contributed by atoms with Crippen LogP contribution in [0.25, 0.3) is 0 Å². The van der Waals surface area contributed by atoms with E-state index in [1.807, 2.05) is 19.1 Å². The maximum Gasteiger partial charge on any atom is 0.0633 e. The van der Waals surface area contributed by atoms with E-state index in [-0.39, 0.29) is 5.38 Å². The fourth-order valence-electron chi connectivity index (χ4n) is 1.59. The molecule has 16 heavy (non-hydrogen) atoms. The van der Waals surface area contributed by atoms with E-state index >= 15 is 0 Å². The SMILES string of the molecule is Cc1cc(C(Cl)Cc2cccs2)ccc1Cl. The van der Waals surface area contributed by atoms with Crippen molar-refractivity contribution in [2.45, 2.75) is 18.7 Å². The van der Waals surface area contributed by atoms with Gasteiger partial charge in [-0.3, -0.25) is 0 Å². The van der Waals surface area contributed by atoms with Crippen molar-refractivity contribution in [3.8, 4) is 0 Å². The predicted molar refractivity (Wildman–Crippen MR) is 72.8 cm³/mol. The number of halogens is 2. The molecule has 0 N–H and O–H groups in total. The first-order valence-electron chi connectivity index (χ1n) is 5.09. The maximum atomic E-state index is 6.39. The van der Waals surface area contributed by atoms with Crippen molar-refractivity contribution in [2.75, 3.05) is 0 Å². The number of hydrogen-bond donors (Lipinski definition) is 0. The normalized spacial score (nSPS) is 12.7. The Balaban J connectivity index is 2.14. The number of hydrogen-bond acceptors (Lipinski definition) is 1. The second kappa shape index (κ2) is 5.22. The number of rotatable bonds is 3. The molecule has 0 spiro atoms. The molecule has 0 radical (unpaired) electrons. The van der Waals surface area contributed by atoms with Gasteiger partial charge in [0.15, 0.2) is 0 Å². The van der Waals surface area contributed by atoms with Crippen LogP contribution in [0.15, 0.2) is 35.7 Å². The van der Waals surface area contributed by atoms with Crippen molar-refractivity contribution < 1.29 is 0 Å². The van der Waals surface area contributed by atoms with E-state index in [2.05, 4.69) is 23.6 Å². The minimum absolute atomic E-state index is 0.0228. The van der Waals surface area contributed by atoms with Crippen LogP contribution < -0.4 is 0 Å². The summed E-state index contributed by atoms with van der Waals surface area (Å²) in [4.78, 5) is 1.31. The molecule has 3 heteroatoms. The molecule has 0 aliphatic carbocycles. The van der Waals surface area contributed by atoms with Crippen LogP contribution in [0.5, 0.6) is 0 Å². The Labute approximate surface area is 110 Å². The molecule has 0 bridgehead atoms. The topological polar surface area (TPSA) is 0 Å². The Bertz CT molecular complexity index is 463. The third-order valence-electron chi connectivity index (χ3n) is 2.50. The molecule has 1 aromatic carbocycles. The summed E-state index contributed by atoms with van der Waals surface area (Å²) < 4.78 is 0. The largest absolute Gasteiger partial charge is 0.149 e. The summed E-state index contributed by atoms with van der Waals surface area (Å²) in [5, 5.41) is 2.89. The fourth-order valence-corrected chi connectivity index (χ4v) is 2.85. The molecule has 1 atom stereocenters. The van der Waals surface area contributed by atoms with E-state index in [0.717, 1.165) is 22.6 Å². The van der Waals surface area contributed by atoms with Crippen LogP contribution >= 0.6 is 34.5 Å². The highest BCUT2D eigenvalue weighted by Crippen LogP contribution is 2.29. The average Bonchev–Trinajstić information content (AvgIpc) is 2.74. The Morgan fingerprint density at radius 2 is 2.12 bits per heavy atom. The quantitative estimate of drug-likeness (QED) is 0.670. The van der Waals surface area contributed by atoms with Gasteiger partial charge in [0.05, 0.1) is 5.38 Å². The lowest BCUT2D eigenvalue weighted by Crippen LogP contribution is -1.94. The number of alkyl halides is 1. The highest BCUT2D eigenvalue weighted by Gasteiger charge is 2.10. The van der Waals surface area contributed by atoms with Gasteiger partial charge in [-0.25, -0.2) is 0 Å². The summed E-state index contributed by atoms with van der Waals surface area (Å²) in [5.41, 5.74) is 2.22. The first-order chi connectivity index (χ1) is 7.66. The molecule has 1 aromatic heterocycles. The van der Waals surface area contributed by atoms with E-state index in [0.29, 0.717) is 0 Å². The first kappa shape index (κ1) is 12.0. The number of thiophene rings is 1. The third-order valence-corrected chi connectivity index (χ3v) is 4.23. The monoisotopic (exact) mass is 270 g/mol. The Morgan fingerprint density at radius 1 is 1.31 bits per heavy atom. The molecule has 0 aliphatic heterocycles. The zero-order valence-corrected chi connectivity index (χ0v) is 11.2. The van der Waals surface area contributed by atoms with Gasteiger partial charge in [-0.2, -0.15) is 0 Å². The van der Waals surface area contributed by atoms with E-state index in [4.69, 9.17) is 23.2 Å². The van der Waals surface area contributed by atoms with Crippen LogP contribution in [0.4, 0.5) is 0 Å². The smallest absolute Gasteiger partial charge is 0.0633 e. The van der Waals surface area contributed by atoms with E-state index in [9.17, 15) is 0 Å². The minimum atomic E-state index is 0.0228. The van der Waals surface area contributed by atoms with Crippen molar-refractivity contribution in [3.05, 3.63) is 56.7 Å². The molecule has 0 amide bonds. The first-order valence-corrected chi connectivity index (χ1v) is 6.78. The van der Waals surface area contributed by atoms with Gasteiger partial charge in [0.25, 0.3) is 0 Å². The van der Waals surface area contributed by atoms with Crippen LogP contribution in [-0.4, -0.2) is 0 Å². The zero-order valence-electron chi connectivity index (χ0n) is 8.91. The van der Waals surface area contributed by atoms with Crippen molar-refractivity contribution >= 4 is 34.5 Å². The zero-order chi connectivity index (χ0) is 11.5. The molecule has 1 unspecified atom stereocenters. The molecule has 0 nitrogen and oxygen atoms in total. The standard InChI is InChI=1S/C13H12Cl2S/c1-9-7-10(4-5-12(9)14)13(15)8-11-3-2-6-16-11/h2-7,13H,8H2,1H3. The number of benzene rings is 1. The summed E-state index contributed by atoms with van der Waals surface area (Å²) in [6, 6.07) is 10.1. The summed E-state index contributed by atoms with van der Waals surface area (Å²) in [6.45, 7) is 2.00.